The van der Waals surface area contributed by atoms with Crippen LogP contribution < -0.4 is 5.73 Å². The van der Waals surface area contributed by atoms with Gasteiger partial charge in [0.1, 0.15) is 4.90 Å². The molecule has 0 bridgehead atoms. The smallest absolute Gasteiger partial charge is 0.244 e. The third-order valence-corrected chi connectivity index (χ3v) is 6.40. The van der Waals surface area contributed by atoms with Crippen molar-refractivity contribution in [2.75, 3.05) is 12.3 Å². The van der Waals surface area contributed by atoms with Crippen molar-refractivity contribution in [1.29, 1.82) is 0 Å². The third-order valence-electron chi connectivity index (χ3n) is 3.49. The number of hydrogen-bond acceptors (Lipinski definition) is 3. The topological polar surface area (TPSA) is 63.4 Å². The first-order valence-corrected chi connectivity index (χ1v) is 9.22. The van der Waals surface area contributed by atoms with E-state index >= 15 is 0 Å². The van der Waals surface area contributed by atoms with Crippen LogP contribution in [-0.2, 0) is 10.0 Å². The Morgan fingerprint density at radius 2 is 1.90 bits per heavy atom. The molecular weight excluding hydrogens is 331 g/mol. The van der Waals surface area contributed by atoms with Crippen molar-refractivity contribution in [3.05, 3.63) is 22.2 Å². The van der Waals surface area contributed by atoms with Crippen molar-refractivity contribution < 1.29 is 8.42 Å². The highest BCUT2D eigenvalue weighted by Gasteiger charge is 2.30. The third kappa shape index (κ3) is 4.03. The number of rotatable bonds is 7. The van der Waals surface area contributed by atoms with Crippen LogP contribution >= 0.6 is 23.2 Å². The van der Waals surface area contributed by atoms with Gasteiger partial charge in [-0.2, -0.15) is 4.31 Å². The molecule has 0 saturated heterocycles. The molecule has 0 aliphatic rings. The molecule has 0 aromatic heterocycles. The number of nitrogens with zero attached hydrogens (tertiary/aromatic N) is 1. The number of nitrogen functional groups attached to an aromatic ring is 1. The van der Waals surface area contributed by atoms with Crippen LogP contribution in [-0.4, -0.2) is 25.3 Å². The first-order valence-electron chi connectivity index (χ1n) is 7.02. The summed E-state index contributed by atoms with van der Waals surface area (Å²) in [7, 11) is -3.69. The van der Waals surface area contributed by atoms with E-state index in [1.807, 2.05) is 20.8 Å². The quantitative estimate of drug-likeness (QED) is 0.749. The Morgan fingerprint density at radius 3 is 2.43 bits per heavy atom. The van der Waals surface area contributed by atoms with Crippen LogP contribution in [0, 0.1) is 0 Å². The summed E-state index contributed by atoms with van der Waals surface area (Å²) in [6.07, 6.45) is 2.44. The van der Waals surface area contributed by atoms with Crippen LogP contribution in [0.4, 0.5) is 5.69 Å². The molecule has 1 aromatic carbocycles. The molecule has 0 saturated carbocycles. The maximum absolute atomic E-state index is 12.9. The molecule has 0 aliphatic heterocycles. The van der Waals surface area contributed by atoms with Crippen molar-refractivity contribution >= 4 is 38.9 Å². The van der Waals surface area contributed by atoms with Gasteiger partial charge in [-0.25, -0.2) is 8.42 Å². The number of sulfonamides is 1. The molecule has 21 heavy (non-hydrogen) atoms. The molecule has 1 atom stereocenters. The van der Waals surface area contributed by atoms with E-state index in [2.05, 4.69) is 0 Å². The van der Waals surface area contributed by atoms with Crippen molar-refractivity contribution in [2.45, 2.75) is 51.0 Å². The Hall–Kier alpha value is -0.490. The van der Waals surface area contributed by atoms with Gasteiger partial charge in [0.05, 0.1) is 15.7 Å². The van der Waals surface area contributed by atoms with Crippen molar-refractivity contribution in [2.24, 2.45) is 0 Å². The first kappa shape index (κ1) is 18.6. The minimum absolute atomic E-state index is 0.00713. The summed E-state index contributed by atoms with van der Waals surface area (Å²) < 4.78 is 27.2. The van der Waals surface area contributed by atoms with Gasteiger partial charge < -0.3 is 5.73 Å². The van der Waals surface area contributed by atoms with Gasteiger partial charge in [-0.3, -0.25) is 0 Å². The zero-order valence-corrected chi connectivity index (χ0v) is 14.9. The summed E-state index contributed by atoms with van der Waals surface area (Å²) in [6, 6.07) is 2.77. The first-order chi connectivity index (χ1) is 9.77. The Kier molecular flexibility index (Phi) is 6.78. The number of halogens is 2. The number of nitrogens with two attached hydrogens (primary N) is 1. The summed E-state index contributed by atoms with van der Waals surface area (Å²) in [5, 5.41) is 0.245. The lowest BCUT2D eigenvalue weighted by Gasteiger charge is -2.28. The van der Waals surface area contributed by atoms with E-state index in [0.29, 0.717) is 6.54 Å². The standard InChI is InChI=1S/C14H22Cl2N2O2S/c1-4-6-9-18(10(3)5-2)21(19,20)12-8-7-11(15)14(17)13(12)16/h7-8,10H,4-6,9,17H2,1-3H3. The molecule has 1 aromatic rings. The maximum atomic E-state index is 12.9. The van der Waals surface area contributed by atoms with Gasteiger partial charge in [0.25, 0.3) is 0 Å². The molecule has 2 N–H and O–H groups in total. The van der Waals surface area contributed by atoms with Gasteiger partial charge in [-0.1, -0.05) is 43.5 Å². The maximum Gasteiger partial charge on any atom is 0.244 e. The second-order valence-corrected chi connectivity index (χ2v) is 7.64. The van der Waals surface area contributed by atoms with Crippen LogP contribution in [0.25, 0.3) is 0 Å². The van der Waals surface area contributed by atoms with E-state index in [-0.39, 0.29) is 26.7 Å². The molecule has 7 heteroatoms. The zero-order valence-electron chi connectivity index (χ0n) is 12.6. The van der Waals surface area contributed by atoms with Crippen molar-refractivity contribution in [3.8, 4) is 0 Å². The fourth-order valence-electron chi connectivity index (χ4n) is 1.97. The SMILES string of the molecule is CCCCN(C(C)CC)S(=O)(=O)c1ccc(Cl)c(N)c1Cl. The van der Waals surface area contributed by atoms with Gasteiger partial charge in [0.15, 0.2) is 0 Å². The largest absolute Gasteiger partial charge is 0.396 e. The van der Waals surface area contributed by atoms with Crippen LogP contribution in [0.1, 0.15) is 40.0 Å². The van der Waals surface area contributed by atoms with Crippen LogP contribution in [0.2, 0.25) is 10.0 Å². The van der Waals surface area contributed by atoms with Crippen LogP contribution in [0.15, 0.2) is 17.0 Å². The minimum atomic E-state index is -3.69. The van der Waals surface area contributed by atoms with E-state index in [0.717, 1.165) is 19.3 Å². The highest BCUT2D eigenvalue weighted by molar-refractivity contribution is 7.89. The Morgan fingerprint density at radius 1 is 1.29 bits per heavy atom. The van der Waals surface area contributed by atoms with E-state index in [4.69, 9.17) is 28.9 Å². The normalized spacial score (nSPS) is 13.6. The van der Waals surface area contributed by atoms with Crippen molar-refractivity contribution in [1.82, 2.24) is 4.31 Å². The van der Waals surface area contributed by atoms with Crippen molar-refractivity contribution in [3.63, 3.8) is 0 Å². The number of hydrogen-bond donors (Lipinski definition) is 1. The van der Waals surface area contributed by atoms with Gasteiger partial charge in [-0.15, -0.1) is 0 Å². The summed E-state index contributed by atoms with van der Waals surface area (Å²) >= 11 is 12.0. The summed E-state index contributed by atoms with van der Waals surface area (Å²) in [5.41, 5.74) is 5.84. The lowest BCUT2D eigenvalue weighted by Crippen LogP contribution is -2.39. The number of unbranched alkanes of at least 4 members (excludes halogenated alkanes) is 1. The Labute approximate surface area is 137 Å². The lowest BCUT2D eigenvalue weighted by atomic mass is 10.2. The van der Waals surface area contributed by atoms with E-state index in [9.17, 15) is 8.42 Å². The molecule has 120 valence electrons. The number of benzene rings is 1. The Bertz CT molecular complexity index is 591. The van der Waals surface area contributed by atoms with Gasteiger partial charge in [0, 0.05) is 12.6 Å². The number of anilines is 1. The molecule has 0 heterocycles. The second kappa shape index (κ2) is 7.68. The summed E-state index contributed by atoms with van der Waals surface area (Å²) in [4.78, 5) is 0.0162. The molecular formula is C14H22Cl2N2O2S. The zero-order chi connectivity index (χ0) is 16.2. The van der Waals surface area contributed by atoms with Gasteiger partial charge in [0.2, 0.25) is 10.0 Å². The molecule has 0 radical (unpaired) electrons. The predicted molar refractivity (Wildman–Crippen MR) is 89.4 cm³/mol. The van der Waals surface area contributed by atoms with E-state index < -0.39 is 10.0 Å². The molecule has 0 aliphatic carbocycles. The van der Waals surface area contributed by atoms with Crippen LogP contribution in [0.5, 0.6) is 0 Å². The summed E-state index contributed by atoms with van der Waals surface area (Å²) in [6.45, 7) is 6.33. The highest BCUT2D eigenvalue weighted by atomic mass is 35.5. The van der Waals surface area contributed by atoms with E-state index in [1.165, 1.54) is 16.4 Å². The average molecular weight is 353 g/mol. The fraction of sp³-hybridized carbons (Fsp3) is 0.571. The van der Waals surface area contributed by atoms with Gasteiger partial charge in [-0.05, 0) is 31.9 Å². The molecule has 0 fully saturated rings. The summed E-state index contributed by atoms with van der Waals surface area (Å²) in [5.74, 6) is 0. The van der Waals surface area contributed by atoms with E-state index in [1.54, 1.807) is 0 Å². The molecule has 4 nitrogen and oxygen atoms in total. The fourth-order valence-corrected chi connectivity index (χ4v) is 4.45. The minimum Gasteiger partial charge on any atom is -0.396 e. The second-order valence-electron chi connectivity index (χ2n) is 5.00. The average Bonchev–Trinajstić information content (AvgIpc) is 2.44. The predicted octanol–water partition coefficient (Wildman–Crippen LogP) is 4.16. The van der Waals surface area contributed by atoms with Gasteiger partial charge >= 0.3 is 0 Å². The lowest BCUT2D eigenvalue weighted by molar-refractivity contribution is 0.324. The molecule has 0 amide bonds. The van der Waals surface area contributed by atoms with Crippen LogP contribution in [0.3, 0.4) is 0 Å². The Balaban J connectivity index is 3.32. The molecule has 1 rings (SSSR count). The molecule has 1 unspecified atom stereocenters. The molecule has 0 spiro atoms. The monoisotopic (exact) mass is 352 g/mol. The highest BCUT2D eigenvalue weighted by Crippen LogP contribution is 2.35.